The van der Waals surface area contributed by atoms with Crippen LogP contribution in [0.1, 0.15) is 18.4 Å². The lowest BCUT2D eigenvalue weighted by molar-refractivity contribution is 0.100. The number of para-hydroxylation sites is 1. The van der Waals surface area contributed by atoms with Crippen molar-refractivity contribution < 1.29 is 4.74 Å². The Balaban J connectivity index is 1.64. The first-order chi connectivity index (χ1) is 8.36. The summed E-state index contributed by atoms with van der Waals surface area (Å²) in [5.74, 6) is 1.18. The molecule has 1 fully saturated rings. The molecular formula is C14H21NOS. The standard InChI is InChI=1S/C14H21NOS/c1-12-4-2-3-5-14(12)15-8-11-17-13-6-9-16-10-7-13/h2-5,13,15H,6-11H2,1H3. The lowest BCUT2D eigenvalue weighted by Crippen LogP contribution is -2.19. The monoisotopic (exact) mass is 251 g/mol. The molecule has 3 heteroatoms. The van der Waals surface area contributed by atoms with Crippen LogP contribution in [0.3, 0.4) is 0 Å². The fourth-order valence-electron chi connectivity index (χ4n) is 2.03. The number of benzene rings is 1. The number of hydrogen-bond donors (Lipinski definition) is 1. The number of hydrogen-bond acceptors (Lipinski definition) is 3. The van der Waals surface area contributed by atoms with Gasteiger partial charge in [0.15, 0.2) is 0 Å². The summed E-state index contributed by atoms with van der Waals surface area (Å²) in [5, 5.41) is 4.31. The number of nitrogens with one attached hydrogen (secondary N) is 1. The fraction of sp³-hybridized carbons (Fsp3) is 0.571. The van der Waals surface area contributed by atoms with Crippen LogP contribution in [0.5, 0.6) is 0 Å². The van der Waals surface area contributed by atoms with Gasteiger partial charge in [-0.25, -0.2) is 0 Å². The highest BCUT2D eigenvalue weighted by Crippen LogP contribution is 2.22. The predicted octanol–water partition coefficient (Wildman–Crippen LogP) is 3.32. The summed E-state index contributed by atoms with van der Waals surface area (Å²) in [6, 6.07) is 8.46. The van der Waals surface area contributed by atoms with Crippen molar-refractivity contribution >= 4 is 17.4 Å². The minimum absolute atomic E-state index is 0.808. The summed E-state index contributed by atoms with van der Waals surface area (Å²) in [6.45, 7) is 5.09. The van der Waals surface area contributed by atoms with E-state index in [1.54, 1.807) is 0 Å². The van der Waals surface area contributed by atoms with Crippen molar-refractivity contribution in [3.63, 3.8) is 0 Å². The summed E-state index contributed by atoms with van der Waals surface area (Å²) in [6.07, 6.45) is 2.43. The van der Waals surface area contributed by atoms with Crippen LogP contribution in [0.4, 0.5) is 5.69 Å². The van der Waals surface area contributed by atoms with Crippen LogP contribution in [0.2, 0.25) is 0 Å². The zero-order valence-corrected chi connectivity index (χ0v) is 11.3. The van der Waals surface area contributed by atoms with Crippen molar-refractivity contribution in [1.29, 1.82) is 0 Å². The Labute approximate surface area is 108 Å². The molecule has 1 saturated heterocycles. The first-order valence-electron chi connectivity index (χ1n) is 6.35. The summed E-state index contributed by atoms with van der Waals surface area (Å²) >= 11 is 2.08. The molecule has 1 N–H and O–H groups in total. The smallest absolute Gasteiger partial charge is 0.0476 e. The zero-order chi connectivity index (χ0) is 11.9. The van der Waals surface area contributed by atoms with Crippen molar-refractivity contribution in [2.75, 3.05) is 30.8 Å². The van der Waals surface area contributed by atoms with Crippen molar-refractivity contribution in [3.8, 4) is 0 Å². The molecule has 0 spiro atoms. The van der Waals surface area contributed by atoms with E-state index in [1.165, 1.54) is 29.8 Å². The van der Waals surface area contributed by atoms with Gasteiger partial charge in [0.1, 0.15) is 0 Å². The third-order valence-electron chi connectivity index (χ3n) is 3.08. The maximum atomic E-state index is 5.36. The van der Waals surface area contributed by atoms with Gasteiger partial charge in [-0.15, -0.1) is 0 Å². The molecule has 0 unspecified atom stereocenters. The van der Waals surface area contributed by atoms with E-state index in [0.29, 0.717) is 0 Å². The SMILES string of the molecule is Cc1ccccc1NCCSC1CCOCC1. The Morgan fingerprint density at radius 3 is 2.82 bits per heavy atom. The van der Waals surface area contributed by atoms with Gasteiger partial charge in [0.25, 0.3) is 0 Å². The number of anilines is 1. The molecule has 0 aliphatic carbocycles. The molecule has 0 aromatic heterocycles. The molecule has 2 rings (SSSR count). The molecule has 1 aromatic rings. The van der Waals surface area contributed by atoms with Gasteiger partial charge in [0.05, 0.1) is 0 Å². The Kier molecular flexibility index (Phi) is 5.20. The van der Waals surface area contributed by atoms with Crippen LogP contribution in [0, 0.1) is 6.92 Å². The van der Waals surface area contributed by atoms with Crippen LogP contribution in [0.25, 0.3) is 0 Å². The fourth-order valence-corrected chi connectivity index (χ4v) is 3.10. The molecule has 17 heavy (non-hydrogen) atoms. The largest absolute Gasteiger partial charge is 0.384 e. The minimum Gasteiger partial charge on any atom is -0.384 e. The van der Waals surface area contributed by atoms with Gasteiger partial charge < -0.3 is 10.1 Å². The van der Waals surface area contributed by atoms with E-state index in [9.17, 15) is 0 Å². The summed E-state index contributed by atoms with van der Waals surface area (Å²) in [4.78, 5) is 0. The van der Waals surface area contributed by atoms with E-state index in [0.717, 1.165) is 25.0 Å². The van der Waals surface area contributed by atoms with Gasteiger partial charge >= 0.3 is 0 Å². The van der Waals surface area contributed by atoms with Crippen molar-refractivity contribution in [1.82, 2.24) is 0 Å². The van der Waals surface area contributed by atoms with Crippen molar-refractivity contribution in [3.05, 3.63) is 29.8 Å². The Hall–Kier alpha value is -0.670. The van der Waals surface area contributed by atoms with Crippen molar-refractivity contribution in [2.45, 2.75) is 25.0 Å². The summed E-state index contributed by atoms with van der Waals surface area (Å²) in [7, 11) is 0. The van der Waals surface area contributed by atoms with E-state index >= 15 is 0 Å². The van der Waals surface area contributed by atoms with Gasteiger partial charge in [0.2, 0.25) is 0 Å². The maximum Gasteiger partial charge on any atom is 0.0476 e. The second-order valence-electron chi connectivity index (χ2n) is 4.42. The lowest BCUT2D eigenvalue weighted by atomic mass is 10.2. The second-order valence-corrected chi connectivity index (χ2v) is 5.83. The van der Waals surface area contributed by atoms with E-state index in [4.69, 9.17) is 4.74 Å². The molecule has 94 valence electrons. The molecule has 0 radical (unpaired) electrons. The van der Waals surface area contributed by atoms with Crippen LogP contribution in [-0.4, -0.2) is 30.8 Å². The van der Waals surface area contributed by atoms with Gasteiger partial charge in [-0.3, -0.25) is 0 Å². The highest BCUT2D eigenvalue weighted by atomic mass is 32.2. The molecule has 0 atom stereocenters. The molecule has 0 bridgehead atoms. The summed E-state index contributed by atoms with van der Waals surface area (Å²) in [5.41, 5.74) is 2.59. The van der Waals surface area contributed by atoms with Crippen LogP contribution in [0.15, 0.2) is 24.3 Å². The zero-order valence-electron chi connectivity index (χ0n) is 10.4. The van der Waals surface area contributed by atoms with Gasteiger partial charge in [0, 0.05) is 36.4 Å². The van der Waals surface area contributed by atoms with E-state index in [-0.39, 0.29) is 0 Å². The third kappa shape index (κ3) is 4.25. The maximum absolute atomic E-state index is 5.36. The third-order valence-corrected chi connectivity index (χ3v) is 4.47. The summed E-state index contributed by atoms with van der Waals surface area (Å²) < 4.78 is 5.36. The number of thioether (sulfide) groups is 1. The molecule has 0 amide bonds. The first-order valence-corrected chi connectivity index (χ1v) is 7.40. The van der Waals surface area contributed by atoms with Crippen molar-refractivity contribution in [2.24, 2.45) is 0 Å². The average molecular weight is 251 g/mol. The van der Waals surface area contributed by atoms with Crippen LogP contribution < -0.4 is 5.32 Å². The topological polar surface area (TPSA) is 21.3 Å². The first kappa shape index (κ1) is 12.8. The average Bonchev–Trinajstić information content (AvgIpc) is 2.38. The van der Waals surface area contributed by atoms with E-state index in [1.807, 2.05) is 0 Å². The van der Waals surface area contributed by atoms with Gasteiger partial charge in [-0.1, -0.05) is 18.2 Å². The molecule has 0 saturated carbocycles. The second kappa shape index (κ2) is 6.92. The van der Waals surface area contributed by atoms with Crippen LogP contribution >= 0.6 is 11.8 Å². The van der Waals surface area contributed by atoms with E-state index < -0.39 is 0 Å². The molecular weight excluding hydrogens is 230 g/mol. The highest BCUT2D eigenvalue weighted by Gasteiger charge is 2.13. The normalized spacial score (nSPS) is 17.0. The molecule has 1 heterocycles. The minimum atomic E-state index is 0.808. The highest BCUT2D eigenvalue weighted by molar-refractivity contribution is 7.99. The molecule has 1 aliphatic rings. The Morgan fingerprint density at radius 2 is 2.06 bits per heavy atom. The Bertz CT molecular complexity index is 337. The predicted molar refractivity (Wildman–Crippen MR) is 76.0 cm³/mol. The van der Waals surface area contributed by atoms with Gasteiger partial charge in [-0.05, 0) is 31.4 Å². The van der Waals surface area contributed by atoms with E-state index in [2.05, 4.69) is 48.3 Å². The lowest BCUT2D eigenvalue weighted by Gasteiger charge is -2.21. The van der Waals surface area contributed by atoms with Crippen LogP contribution in [-0.2, 0) is 4.74 Å². The van der Waals surface area contributed by atoms with Gasteiger partial charge in [-0.2, -0.15) is 11.8 Å². The molecule has 1 aliphatic heterocycles. The molecule has 2 nitrogen and oxygen atoms in total. The number of aryl methyl sites for hydroxylation is 1. The number of ether oxygens (including phenoxy) is 1. The molecule has 1 aromatic carbocycles. The Morgan fingerprint density at radius 1 is 1.29 bits per heavy atom. The quantitative estimate of drug-likeness (QED) is 0.811. The number of rotatable bonds is 5.